The fourth-order valence-electron chi connectivity index (χ4n) is 2.02. The first-order chi connectivity index (χ1) is 9.17. The van der Waals surface area contributed by atoms with Gasteiger partial charge in [0.05, 0.1) is 0 Å². The summed E-state index contributed by atoms with van der Waals surface area (Å²) < 4.78 is 66.8. The zero-order valence-corrected chi connectivity index (χ0v) is 10.9. The zero-order valence-electron chi connectivity index (χ0n) is 10.1. The summed E-state index contributed by atoms with van der Waals surface area (Å²) in [7, 11) is -5.35. The molecule has 0 fully saturated rings. The molecular formula is C13H11F3O3S. The van der Waals surface area contributed by atoms with Crippen molar-refractivity contribution in [3.05, 3.63) is 60.2 Å². The van der Waals surface area contributed by atoms with Crippen LogP contribution in [0.5, 0.6) is 0 Å². The Hall–Kier alpha value is -1.60. The third-order valence-corrected chi connectivity index (χ3v) is 4.51. The molecule has 1 aliphatic carbocycles. The molecule has 0 amide bonds. The molecule has 1 N–H and O–H groups in total. The second-order valence-corrected chi connectivity index (χ2v) is 6.05. The lowest BCUT2D eigenvalue weighted by Gasteiger charge is -2.30. The topological polar surface area (TPSA) is 54.4 Å². The van der Waals surface area contributed by atoms with Gasteiger partial charge in [0.2, 0.25) is 4.75 Å². The first-order valence-corrected chi connectivity index (χ1v) is 7.09. The van der Waals surface area contributed by atoms with Crippen LogP contribution in [-0.4, -0.2) is 23.9 Å². The van der Waals surface area contributed by atoms with Crippen LogP contribution in [0.4, 0.5) is 13.2 Å². The van der Waals surface area contributed by atoms with Crippen LogP contribution in [0.25, 0.3) is 0 Å². The molecule has 0 radical (unpaired) electrons. The highest BCUT2D eigenvalue weighted by Crippen LogP contribution is 2.42. The first kappa shape index (κ1) is 14.8. The maximum atomic E-state index is 13.0. The lowest BCUT2D eigenvalue weighted by molar-refractivity contribution is -0.140. The summed E-state index contributed by atoms with van der Waals surface area (Å²) >= 11 is 0. The maximum absolute atomic E-state index is 13.0. The summed E-state index contributed by atoms with van der Waals surface area (Å²) in [6.45, 7) is 0. The van der Waals surface area contributed by atoms with Gasteiger partial charge in [-0.15, -0.1) is 0 Å². The van der Waals surface area contributed by atoms with E-state index < -0.39 is 27.0 Å². The molecule has 0 aromatic heterocycles. The Morgan fingerprint density at radius 1 is 1.05 bits per heavy atom. The van der Waals surface area contributed by atoms with E-state index in [9.17, 15) is 21.6 Å². The fraction of sp³-hybridized carbons (Fsp3) is 0.231. The van der Waals surface area contributed by atoms with Gasteiger partial charge in [0, 0.05) is 5.92 Å². The lowest BCUT2D eigenvalue weighted by Crippen LogP contribution is -2.49. The van der Waals surface area contributed by atoms with Gasteiger partial charge >= 0.3 is 6.18 Å². The lowest BCUT2D eigenvalue weighted by atomic mass is 9.90. The molecule has 0 saturated heterocycles. The van der Waals surface area contributed by atoms with Gasteiger partial charge in [0.25, 0.3) is 10.1 Å². The molecule has 0 bridgehead atoms. The van der Waals surface area contributed by atoms with Gasteiger partial charge < -0.3 is 0 Å². The van der Waals surface area contributed by atoms with Crippen molar-refractivity contribution in [1.29, 1.82) is 0 Å². The van der Waals surface area contributed by atoms with Crippen LogP contribution in [0.3, 0.4) is 0 Å². The number of allylic oxidation sites excluding steroid dienone is 2. The predicted octanol–water partition coefficient (Wildman–Crippen LogP) is 3.09. The molecular weight excluding hydrogens is 293 g/mol. The number of halogens is 3. The van der Waals surface area contributed by atoms with Crippen LogP contribution < -0.4 is 0 Å². The normalized spacial score (nSPS) is 26.7. The molecule has 0 unspecified atom stereocenters. The molecule has 0 heterocycles. The van der Waals surface area contributed by atoms with Gasteiger partial charge in [-0.3, -0.25) is 4.55 Å². The molecule has 1 aromatic carbocycles. The van der Waals surface area contributed by atoms with Crippen LogP contribution in [0.1, 0.15) is 11.5 Å². The molecule has 3 nitrogen and oxygen atoms in total. The highest BCUT2D eigenvalue weighted by Gasteiger charge is 2.61. The molecule has 0 atom stereocenters. The van der Waals surface area contributed by atoms with Crippen molar-refractivity contribution in [2.24, 2.45) is 0 Å². The Bertz CT molecular complexity index is 631. The molecule has 0 spiro atoms. The maximum Gasteiger partial charge on any atom is 0.417 e. The average molecular weight is 304 g/mol. The smallest absolute Gasteiger partial charge is 0.284 e. The Balaban J connectivity index is 2.43. The molecule has 2 rings (SSSR count). The molecule has 1 aliphatic rings. The highest BCUT2D eigenvalue weighted by atomic mass is 32.2. The average Bonchev–Trinajstić information content (AvgIpc) is 2.37. The SMILES string of the molecule is O=S(=O)(O)C1(C(F)(F)F)C=CC(c2ccccc2)C=C1. The van der Waals surface area contributed by atoms with Gasteiger partial charge in [0.1, 0.15) is 0 Å². The largest absolute Gasteiger partial charge is 0.417 e. The van der Waals surface area contributed by atoms with E-state index in [1.54, 1.807) is 30.3 Å². The highest BCUT2D eigenvalue weighted by molar-refractivity contribution is 7.87. The van der Waals surface area contributed by atoms with E-state index in [1.807, 2.05) is 0 Å². The Labute approximate surface area is 114 Å². The zero-order chi connectivity index (χ0) is 15.0. The molecule has 0 aliphatic heterocycles. The molecule has 0 saturated carbocycles. The summed E-state index contributed by atoms with van der Waals surface area (Å²) in [6, 6.07) is 8.65. The summed E-state index contributed by atoms with van der Waals surface area (Å²) in [5.41, 5.74) is 0.728. The summed E-state index contributed by atoms with van der Waals surface area (Å²) in [6.07, 6.45) is -1.91. The molecule has 20 heavy (non-hydrogen) atoms. The van der Waals surface area contributed by atoms with Crippen molar-refractivity contribution in [3.63, 3.8) is 0 Å². The third kappa shape index (κ3) is 2.38. The van der Waals surface area contributed by atoms with Gasteiger partial charge in [-0.05, 0) is 5.56 Å². The van der Waals surface area contributed by atoms with Crippen LogP contribution in [-0.2, 0) is 10.1 Å². The minimum atomic E-state index is -5.35. The monoisotopic (exact) mass is 304 g/mol. The van der Waals surface area contributed by atoms with Crippen LogP contribution in [0.15, 0.2) is 54.6 Å². The second-order valence-electron chi connectivity index (χ2n) is 4.42. The van der Waals surface area contributed by atoms with Crippen molar-refractivity contribution in [1.82, 2.24) is 0 Å². The molecule has 7 heteroatoms. The van der Waals surface area contributed by atoms with Crippen molar-refractivity contribution in [2.45, 2.75) is 16.8 Å². The number of hydrogen-bond acceptors (Lipinski definition) is 2. The van der Waals surface area contributed by atoms with E-state index in [4.69, 9.17) is 4.55 Å². The van der Waals surface area contributed by atoms with E-state index in [-0.39, 0.29) is 0 Å². The van der Waals surface area contributed by atoms with Crippen molar-refractivity contribution in [2.75, 3.05) is 0 Å². The fourth-order valence-corrected chi connectivity index (χ4v) is 2.81. The third-order valence-electron chi connectivity index (χ3n) is 3.16. The van der Waals surface area contributed by atoms with E-state index in [0.29, 0.717) is 12.2 Å². The number of benzene rings is 1. The Morgan fingerprint density at radius 3 is 1.95 bits per heavy atom. The van der Waals surface area contributed by atoms with E-state index in [0.717, 1.165) is 17.7 Å². The van der Waals surface area contributed by atoms with Gasteiger partial charge in [0.15, 0.2) is 0 Å². The van der Waals surface area contributed by atoms with Crippen LogP contribution in [0, 0.1) is 0 Å². The van der Waals surface area contributed by atoms with Gasteiger partial charge in [-0.2, -0.15) is 21.6 Å². The quantitative estimate of drug-likeness (QED) is 0.675. The van der Waals surface area contributed by atoms with E-state index in [2.05, 4.69) is 0 Å². The minimum absolute atomic E-state index is 0.464. The van der Waals surface area contributed by atoms with Crippen molar-refractivity contribution < 1.29 is 26.1 Å². The number of hydrogen-bond donors (Lipinski definition) is 1. The second kappa shape index (κ2) is 4.75. The molecule has 108 valence electrons. The number of rotatable bonds is 2. The standard InChI is InChI=1S/C13H11F3O3S/c14-13(15,16)12(20(17,18)19)8-6-11(7-9-12)10-4-2-1-3-5-10/h1-9,11H,(H,17,18,19). The van der Waals surface area contributed by atoms with Gasteiger partial charge in [-0.1, -0.05) is 54.6 Å². The molecule has 1 aromatic rings. The Morgan fingerprint density at radius 2 is 1.55 bits per heavy atom. The van der Waals surface area contributed by atoms with Gasteiger partial charge in [-0.25, -0.2) is 0 Å². The minimum Gasteiger partial charge on any atom is -0.284 e. The van der Waals surface area contributed by atoms with E-state index >= 15 is 0 Å². The first-order valence-electron chi connectivity index (χ1n) is 5.65. The summed E-state index contributed by atoms with van der Waals surface area (Å²) in [4.78, 5) is 0. The van der Waals surface area contributed by atoms with Crippen LogP contribution in [0.2, 0.25) is 0 Å². The van der Waals surface area contributed by atoms with Crippen molar-refractivity contribution >= 4 is 10.1 Å². The van der Waals surface area contributed by atoms with E-state index in [1.165, 1.54) is 0 Å². The Kier molecular flexibility index (Phi) is 3.51. The predicted molar refractivity (Wildman–Crippen MR) is 67.8 cm³/mol. The summed E-state index contributed by atoms with van der Waals surface area (Å²) in [5, 5.41) is 0. The van der Waals surface area contributed by atoms with Crippen molar-refractivity contribution in [3.8, 4) is 0 Å². The van der Waals surface area contributed by atoms with Crippen LogP contribution >= 0.6 is 0 Å². The number of alkyl halides is 3. The summed E-state index contributed by atoms with van der Waals surface area (Å²) in [5.74, 6) is -0.464.